The molecule has 0 radical (unpaired) electrons. The Morgan fingerprint density at radius 3 is 1.41 bits per heavy atom. The predicted octanol–water partition coefficient (Wildman–Crippen LogP) is 6.93. The topological polar surface area (TPSA) is 0 Å². The number of rotatable bonds is 5. The van der Waals surface area contributed by atoms with E-state index >= 15 is 0 Å². The first-order chi connectivity index (χ1) is 14.0. The van der Waals surface area contributed by atoms with Gasteiger partial charge in [0.05, 0.1) is 0 Å². The first kappa shape index (κ1) is 20.5. The van der Waals surface area contributed by atoms with E-state index in [1.807, 2.05) is 30.3 Å². The van der Waals surface area contributed by atoms with Crippen molar-refractivity contribution in [2.24, 2.45) is 0 Å². The molecule has 4 aromatic rings. The van der Waals surface area contributed by atoms with Crippen molar-refractivity contribution < 1.29 is 4.39 Å². The fourth-order valence-corrected chi connectivity index (χ4v) is 12.0. The van der Waals surface area contributed by atoms with Gasteiger partial charge in [-0.25, -0.2) is 0 Å². The Hall–Kier alpha value is -1.80. The van der Waals surface area contributed by atoms with Gasteiger partial charge in [0.2, 0.25) is 0 Å². The van der Waals surface area contributed by atoms with Crippen molar-refractivity contribution in [3.8, 4) is 0 Å². The molecule has 29 heavy (non-hydrogen) atoms. The fraction of sp³-hybridized carbons (Fsp3) is 0.0400. The summed E-state index contributed by atoms with van der Waals surface area (Å²) in [5.74, 6) is -0.247. The van der Waals surface area contributed by atoms with Gasteiger partial charge in [0.25, 0.3) is 0 Å². The van der Waals surface area contributed by atoms with E-state index in [0.29, 0.717) is 4.47 Å². The third-order valence-electron chi connectivity index (χ3n) is 5.35. The predicted molar refractivity (Wildman–Crippen MR) is 132 cm³/mol. The van der Waals surface area contributed by atoms with Gasteiger partial charge in [-0.2, -0.15) is 0 Å². The van der Waals surface area contributed by atoms with E-state index in [4.69, 9.17) is 0 Å². The van der Waals surface area contributed by atoms with Gasteiger partial charge in [0, 0.05) is 0 Å². The molecule has 0 saturated carbocycles. The van der Waals surface area contributed by atoms with Crippen molar-refractivity contribution in [1.82, 2.24) is 0 Å². The summed E-state index contributed by atoms with van der Waals surface area (Å²) < 4.78 is 14.4. The van der Waals surface area contributed by atoms with Gasteiger partial charge < -0.3 is 0 Å². The van der Waals surface area contributed by atoms with Crippen LogP contribution in [0.1, 0.15) is 5.56 Å². The monoisotopic (exact) mass is 528 g/mol. The first-order valence-electron chi connectivity index (χ1n) is 9.36. The fourth-order valence-electron chi connectivity index (χ4n) is 3.92. The van der Waals surface area contributed by atoms with Gasteiger partial charge in [0.15, 0.2) is 0 Å². The second kappa shape index (κ2) is 8.14. The number of hydrogen-bond donors (Lipinski definition) is 0. The normalized spacial score (nSPS) is 12.9. The van der Waals surface area contributed by atoms with E-state index in [-0.39, 0.29) is 5.82 Å². The Bertz CT molecular complexity index is 1020. The summed E-state index contributed by atoms with van der Waals surface area (Å²) in [5, 5.41) is 0.688. The van der Waals surface area contributed by atoms with E-state index in [1.165, 1.54) is 22.0 Å². The van der Waals surface area contributed by atoms with Gasteiger partial charge >= 0.3 is 188 Å². The standard InChI is InChI=1S/C25H20Br2FP/c26-24-18-20(16-17-25(24)28)19-29(27,21-10-4-1-5-11-21,22-12-6-2-7-13-22)23-14-8-3-9-15-23/h1-18H,19H2. The van der Waals surface area contributed by atoms with Crippen molar-refractivity contribution in [3.63, 3.8) is 0 Å². The van der Waals surface area contributed by atoms with Crippen molar-refractivity contribution in [2.75, 3.05) is 0 Å². The Morgan fingerprint density at radius 1 is 0.621 bits per heavy atom. The maximum atomic E-state index is 13.9. The van der Waals surface area contributed by atoms with Crippen molar-refractivity contribution in [3.05, 3.63) is 125 Å². The Labute approximate surface area is 187 Å². The van der Waals surface area contributed by atoms with Crippen LogP contribution in [0.25, 0.3) is 0 Å². The molecular weight excluding hydrogens is 510 g/mol. The van der Waals surface area contributed by atoms with E-state index < -0.39 is 5.31 Å². The molecular formula is C25H20Br2FP. The number of hydrogen-bond acceptors (Lipinski definition) is 0. The van der Waals surface area contributed by atoms with Gasteiger partial charge in [0.1, 0.15) is 0 Å². The molecule has 4 heteroatoms. The van der Waals surface area contributed by atoms with Crippen molar-refractivity contribution in [1.29, 1.82) is 0 Å². The van der Waals surface area contributed by atoms with Crippen LogP contribution in [0.2, 0.25) is 0 Å². The van der Waals surface area contributed by atoms with Crippen LogP contribution in [-0.4, -0.2) is 0 Å². The first-order valence-corrected chi connectivity index (χ1v) is 14.6. The third-order valence-corrected chi connectivity index (χ3v) is 15.5. The van der Waals surface area contributed by atoms with E-state index in [9.17, 15) is 4.39 Å². The Balaban J connectivity index is 2.08. The van der Waals surface area contributed by atoms with Crippen LogP contribution >= 0.6 is 36.7 Å². The summed E-state index contributed by atoms with van der Waals surface area (Å²) in [7, 11) is 0. The van der Waals surface area contributed by atoms with Gasteiger partial charge in [-0.3, -0.25) is 0 Å². The summed E-state index contributed by atoms with van der Waals surface area (Å²) in [6.07, 6.45) is 0.739. The second-order valence-corrected chi connectivity index (χ2v) is 16.9. The molecule has 0 unspecified atom stereocenters. The summed E-state index contributed by atoms with van der Waals surface area (Å²) in [6, 6.07) is 37.2. The van der Waals surface area contributed by atoms with Gasteiger partial charge in [-0.1, -0.05) is 0 Å². The van der Waals surface area contributed by atoms with E-state index in [2.05, 4.69) is 104 Å². The van der Waals surface area contributed by atoms with E-state index in [0.717, 1.165) is 11.7 Å². The molecule has 0 amide bonds. The molecule has 0 saturated heterocycles. The molecule has 0 heterocycles. The molecule has 0 N–H and O–H groups in total. The molecule has 4 rings (SSSR count). The molecule has 0 aliphatic heterocycles. The molecule has 0 aliphatic rings. The summed E-state index contributed by atoms with van der Waals surface area (Å²) in [4.78, 5) is 0. The molecule has 146 valence electrons. The third kappa shape index (κ3) is 3.61. The number of benzene rings is 4. The van der Waals surface area contributed by atoms with Crippen LogP contribution in [0.4, 0.5) is 4.39 Å². The molecule has 0 atom stereocenters. The van der Waals surface area contributed by atoms with Crippen LogP contribution in [-0.2, 0) is 6.16 Å². The summed E-state index contributed by atoms with van der Waals surface area (Å²) >= 11 is 7.78. The van der Waals surface area contributed by atoms with E-state index in [1.54, 1.807) is 0 Å². The van der Waals surface area contributed by atoms with Crippen LogP contribution in [0.3, 0.4) is 0 Å². The van der Waals surface area contributed by atoms with Crippen LogP contribution in [0.5, 0.6) is 0 Å². The molecule has 0 aromatic heterocycles. The van der Waals surface area contributed by atoms with Crippen LogP contribution < -0.4 is 15.9 Å². The minimum absolute atomic E-state index is 0.247. The molecule has 0 fully saturated rings. The Morgan fingerprint density at radius 2 is 1.03 bits per heavy atom. The van der Waals surface area contributed by atoms with Crippen LogP contribution in [0, 0.1) is 5.82 Å². The zero-order chi connectivity index (χ0) is 20.3. The Kier molecular flexibility index (Phi) is 5.75. The average Bonchev–Trinajstić information content (AvgIpc) is 2.78. The zero-order valence-corrected chi connectivity index (χ0v) is 19.7. The van der Waals surface area contributed by atoms with Crippen LogP contribution in [0.15, 0.2) is 114 Å². The molecule has 0 spiro atoms. The molecule has 4 aromatic carbocycles. The molecule has 0 aliphatic carbocycles. The van der Waals surface area contributed by atoms with Crippen molar-refractivity contribution in [2.45, 2.75) is 6.16 Å². The quantitative estimate of drug-likeness (QED) is 0.246. The second-order valence-electron chi connectivity index (χ2n) is 7.10. The zero-order valence-electron chi connectivity index (χ0n) is 15.7. The average molecular weight is 530 g/mol. The maximum absolute atomic E-state index is 13.9. The summed E-state index contributed by atoms with van der Waals surface area (Å²) in [6.45, 7) is 0. The number of halogens is 3. The summed E-state index contributed by atoms with van der Waals surface area (Å²) in [5.41, 5.74) is 1.07. The molecule has 0 bridgehead atoms. The minimum atomic E-state index is -3.05. The van der Waals surface area contributed by atoms with Gasteiger partial charge in [-0.15, -0.1) is 0 Å². The van der Waals surface area contributed by atoms with Crippen molar-refractivity contribution >= 4 is 52.6 Å². The SMILES string of the molecule is Fc1ccc(CP(Br)(c2ccccc2)(c2ccccc2)c2ccccc2)cc1Br. The van der Waals surface area contributed by atoms with Gasteiger partial charge in [-0.05, 0) is 0 Å². The molecule has 0 nitrogen and oxygen atoms in total.